The van der Waals surface area contributed by atoms with Crippen molar-refractivity contribution in [2.45, 2.75) is 12.0 Å². The molecule has 9 heteroatoms. The largest absolute Gasteiger partial charge is 0.497 e. The number of urea groups is 1. The van der Waals surface area contributed by atoms with Gasteiger partial charge < -0.3 is 25.0 Å². The first-order chi connectivity index (χ1) is 14.2. The number of ether oxygens (including phenoxy) is 1. The maximum Gasteiger partial charge on any atom is 0.321 e. The summed E-state index contributed by atoms with van der Waals surface area (Å²) in [4.78, 5) is 16.6. The molecule has 0 bridgehead atoms. The molecule has 1 aliphatic rings. The predicted molar refractivity (Wildman–Crippen MR) is 128 cm³/mol. The third-order valence-electron chi connectivity index (χ3n) is 5.49. The molecule has 0 spiro atoms. The number of carbonyl (C=O) groups is 1. The van der Waals surface area contributed by atoms with E-state index in [2.05, 4.69) is 5.32 Å². The van der Waals surface area contributed by atoms with Crippen molar-refractivity contribution < 1.29 is 14.6 Å². The summed E-state index contributed by atoms with van der Waals surface area (Å²) in [5.41, 5.74) is 0.324. The molecule has 31 heavy (non-hydrogen) atoms. The third-order valence-corrected chi connectivity index (χ3v) is 6.23. The highest BCUT2D eigenvalue weighted by molar-refractivity contribution is 6.42. The van der Waals surface area contributed by atoms with Crippen LogP contribution in [0.3, 0.4) is 0 Å². The second kappa shape index (κ2) is 10.7. The topological polar surface area (TPSA) is 65.0 Å². The standard InChI is InChI=1S/C22H27Cl2N3O3.ClH/c1-26(2)13-16-14-27(21(28)25-17-7-8-19(23)20(24)12-17)10-9-22(16,29)15-5-4-6-18(11-15)30-3;/h4-8,11-12,16,29H,9-10,13-14H2,1-3H3,(H,25,28);1H. The van der Waals surface area contributed by atoms with E-state index in [1.165, 1.54) is 0 Å². The minimum atomic E-state index is -1.06. The molecule has 170 valence electrons. The van der Waals surface area contributed by atoms with Gasteiger partial charge in [0.05, 0.1) is 22.8 Å². The highest BCUT2D eigenvalue weighted by Crippen LogP contribution is 2.39. The Morgan fingerprint density at radius 2 is 2.00 bits per heavy atom. The zero-order valence-corrected chi connectivity index (χ0v) is 20.1. The van der Waals surface area contributed by atoms with Gasteiger partial charge in [-0.3, -0.25) is 0 Å². The number of nitrogens with zero attached hydrogens (tertiary/aromatic N) is 2. The van der Waals surface area contributed by atoms with Crippen molar-refractivity contribution in [3.8, 4) is 5.75 Å². The first kappa shape index (κ1) is 25.6. The summed E-state index contributed by atoms with van der Waals surface area (Å²) >= 11 is 12.0. The zero-order chi connectivity index (χ0) is 21.9. The van der Waals surface area contributed by atoms with Gasteiger partial charge >= 0.3 is 6.03 Å². The van der Waals surface area contributed by atoms with Crippen LogP contribution in [0.25, 0.3) is 0 Å². The normalized spacial score (nSPS) is 20.9. The number of methoxy groups -OCH3 is 1. The molecular formula is C22H28Cl3N3O3. The van der Waals surface area contributed by atoms with Crippen LogP contribution in [-0.2, 0) is 5.60 Å². The predicted octanol–water partition coefficient (Wildman–Crippen LogP) is 4.73. The number of amides is 2. The number of likely N-dealkylation sites (tertiary alicyclic amines) is 1. The van der Waals surface area contributed by atoms with Crippen molar-refractivity contribution in [3.05, 3.63) is 58.1 Å². The van der Waals surface area contributed by atoms with Crippen LogP contribution in [0.5, 0.6) is 5.75 Å². The van der Waals surface area contributed by atoms with Crippen LogP contribution >= 0.6 is 35.6 Å². The molecule has 2 aromatic carbocycles. The summed E-state index contributed by atoms with van der Waals surface area (Å²) in [5.74, 6) is 0.525. The smallest absolute Gasteiger partial charge is 0.321 e. The number of carbonyl (C=O) groups excluding carboxylic acids is 1. The Labute approximate surface area is 199 Å². The van der Waals surface area contributed by atoms with Gasteiger partial charge in [-0.1, -0.05) is 35.3 Å². The molecular weight excluding hydrogens is 461 g/mol. The summed E-state index contributed by atoms with van der Waals surface area (Å²) in [5, 5.41) is 15.3. The van der Waals surface area contributed by atoms with Gasteiger partial charge in [-0.25, -0.2) is 4.79 Å². The molecule has 0 radical (unpaired) electrons. The van der Waals surface area contributed by atoms with Crippen molar-refractivity contribution in [2.75, 3.05) is 46.2 Å². The zero-order valence-electron chi connectivity index (χ0n) is 17.8. The Morgan fingerprint density at radius 3 is 2.65 bits per heavy atom. The summed E-state index contributed by atoms with van der Waals surface area (Å²) < 4.78 is 5.33. The van der Waals surface area contributed by atoms with Crippen LogP contribution in [0.15, 0.2) is 42.5 Å². The maximum atomic E-state index is 12.9. The lowest BCUT2D eigenvalue weighted by atomic mass is 9.75. The maximum absolute atomic E-state index is 12.9. The first-order valence-electron chi connectivity index (χ1n) is 9.75. The molecule has 2 unspecified atom stereocenters. The molecule has 2 atom stereocenters. The first-order valence-corrected chi connectivity index (χ1v) is 10.5. The molecule has 3 rings (SSSR count). The number of anilines is 1. The SMILES string of the molecule is COc1cccc(C2(O)CCN(C(=O)Nc3ccc(Cl)c(Cl)c3)CC2CN(C)C)c1.Cl. The molecule has 1 heterocycles. The van der Waals surface area contributed by atoms with Crippen LogP contribution in [0.2, 0.25) is 10.0 Å². The average molecular weight is 489 g/mol. The Morgan fingerprint density at radius 1 is 1.26 bits per heavy atom. The summed E-state index contributed by atoms with van der Waals surface area (Å²) in [6.07, 6.45) is 0.424. The average Bonchev–Trinajstić information content (AvgIpc) is 2.72. The van der Waals surface area contributed by atoms with Gasteiger partial charge in [0, 0.05) is 31.2 Å². The second-order valence-electron chi connectivity index (χ2n) is 7.87. The van der Waals surface area contributed by atoms with Crippen molar-refractivity contribution >= 4 is 47.3 Å². The van der Waals surface area contributed by atoms with Crippen LogP contribution in [0, 0.1) is 5.92 Å². The Hall–Kier alpha value is -1.70. The van der Waals surface area contributed by atoms with Crippen molar-refractivity contribution in [2.24, 2.45) is 5.92 Å². The van der Waals surface area contributed by atoms with Crippen molar-refractivity contribution in [1.29, 1.82) is 0 Å². The van der Waals surface area contributed by atoms with E-state index in [0.29, 0.717) is 47.5 Å². The van der Waals surface area contributed by atoms with Gasteiger partial charge in [-0.2, -0.15) is 0 Å². The van der Waals surface area contributed by atoms with Gasteiger partial charge in [0.1, 0.15) is 5.75 Å². The summed E-state index contributed by atoms with van der Waals surface area (Å²) in [6.45, 7) is 1.47. The van der Waals surface area contributed by atoms with Crippen LogP contribution < -0.4 is 10.1 Å². The van der Waals surface area contributed by atoms with Gasteiger partial charge in [0.25, 0.3) is 0 Å². The molecule has 2 amide bonds. The van der Waals surface area contributed by atoms with E-state index in [-0.39, 0.29) is 24.4 Å². The lowest BCUT2D eigenvalue weighted by Crippen LogP contribution is -2.55. The fourth-order valence-corrected chi connectivity index (χ4v) is 4.20. The fraction of sp³-hybridized carbons (Fsp3) is 0.409. The molecule has 0 saturated carbocycles. The Balaban J connectivity index is 0.00000341. The molecule has 0 aromatic heterocycles. The van der Waals surface area contributed by atoms with Gasteiger partial charge in [0.2, 0.25) is 0 Å². The van der Waals surface area contributed by atoms with Gasteiger partial charge in [0.15, 0.2) is 0 Å². The molecule has 1 fully saturated rings. The second-order valence-corrected chi connectivity index (χ2v) is 8.68. The highest BCUT2D eigenvalue weighted by Gasteiger charge is 2.44. The Kier molecular flexibility index (Phi) is 8.86. The molecule has 0 aliphatic carbocycles. The fourth-order valence-electron chi connectivity index (χ4n) is 3.90. The molecule has 2 aromatic rings. The molecule has 1 saturated heterocycles. The number of halogens is 3. The molecule has 2 N–H and O–H groups in total. The number of benzene rings is 2. The molecule has 1 aliphatic heterocycles. The van der Waals surface area contributed by atoms with Crippen LogP contribution in [0.4, 0.5) is 10.5 Å². The summed E-state index contributed by atoms with van der Waals surface area (Å²) in [6, 6.07) is 12.3. The van der Waals surface area contributed by atoms with Crippen molar-refractivity contribution in [1.82, 2.24) is 9.80 Å². The third kappa shape index (κ3) is 5.96. The summed E-state index contributed by atoms with van der Waals surface area (Å²) in [7, 11) is 5.53. The van der Waals surface area contributed by atoms with E-state index in [1.807, 2.05) is 43.3 Å². The van der Waals surface area contributed by atoms with Crippen molar-refractivity contribution in [3.63, 3.8) is 0 Å². The van der Waals surface area contributed by atoms with E-state index in [0.717, 1.165) is 5.56 Å². The van der Waals surface area contributed by atoms with E-state index in [9.17, 15) is 9.90 Å². The number of rotatable bonds is 5. The van der Waals surface area contributed by atoms with E-state index >= 15 is 0 Å². The lowest BCUT2D eigenvalue weighted by Gasteiger charge is -2.45. The minimum absolute atomic E-state index is 0. The monoisotopic (exact) mass is 487 g/mol. The van der Waals surface area contributed by atoms with Crippen LogP contribution in [0.1, 0.15) is 12.0 Å². The molecule has 6 nitrogen and oxygen atoms in total. The minimum Gasteiger partial charge on any atom is -0.497 e. The number of piperidine rings is 1. The Bertz CT molecular complexity index is 913. The number of nitrogens with one attached hydrogen (secondary N) is 1. The van der Waals surface area contributed by atoms with E-state index < -0.39 is 5.60 Å². The van der Waals surface area contributed by atoms with E-state index in [4.69, 9.17) is 27.9 Å². The van der Waals surface area contributed by atoms with Crippen LogP contribution in [-0.4, -0.2) is 61.8 Å². The lowest BCUT2D eigenvalue weighted by molar-refractivity contribution is -0.0750. The number of aliphatic hydroxyl groups is 1. The quantitative estimate of drug-likeness (QED) is 0.639. The number of hydrogen-bond donors (Lipinski definition) is 2. The van der Waals surface area contributed by atoms with Gasteiger partial charge in [-0.15, -0.1) is 12.4 Å². The van der Waals surface area contributed by atoms with Gasteiger partial charge in [-0.05, 0) is 56.4 Å². The highest BCUT2D eigenvalue weighted by atomic mass is 35.5. The number of hydrogen-bond acceptors (Lipinski definition) is 4. The van der Waals surface area contributed by atoms with E-state index in [1.54, 1.807) is 30.2 Å².